The van der Waals surface area contributed by atoms with Crippen LogP contribution in [0.4, 0.5) is 6.01 Å². The van der Waals surface area contributed by atoms with E-state index in [1.165, 1.54) is 19.4 Å². The molecule has 7 heteroatoms. The first-order valence-corrected chi connectivity index (χ1v) is 10.9. The van der Waals surface area contributed by atoms with Crippen LogP contribution in [0.25, 0.3) is 11.1 Å². The summed E-state index contributed by atoms with van der Waals surface area (Å²) < 4.78 is 11.8. The molecular formula is C26H27N3O4. The fourth-order valence-electron chi connectivity index (χ4n) is 3.52. The van der Waals surface area contributed by atoms with Gasteiger partial charge >= 0.3 is 5.97 Å². The van der Waals surface area contributed by atoms with E-state index in [1.807, 2.05) is 54.7 Å². The Balaban J connectivity index is 1.54. The van der Waals surface area contributed by atoms with E-state index in [0.717, 1.165) is 36.0 Å². The Labute approximate surface area is 192 Å². The standard InChI is InChI=1S/C26H27N3O4/c1-26(2,24(30)31)33-21-11-5-8-20(16-21)18-29(15-7-10-19-9-6-14-27-17-19)25-28-22-12-3-4-13-23(22)32-25/h3-6,8-9,11-14,16-17H,7,10,15,18H2,1-2H3,(H,30,31). The van der Waals surface area contributed by atoms with Crippen LogP contribution in [0.3, 0.4) is 0 Å². The van der Waals surface area contributed by atoms with Gasteiger partial charge < -0.3 is 19.2 Å². The number of nitrogens with zero attached hydrogens (tertiary/aromatic N) is 3. The predicted molar refractivity (Wildman–Crippen MR) is 126 cm³/mol. The van der Waals surface area contributed by atoms with E-state index in [2.05, 4.69) is 20.9 Å². The van der Waals surface area contributed by atoms with E-state index in [9.17, 15) is 9.90 Å². The Hall–Kier alpha value is -3.87. The number of oxazole rings is 1. The molecule has 0 fully saturated rings. The van der Waals surface area contributed by atoms with Crippen molar-refractivity contribution in [1.82, 2.24) is 9.97 Å². The SMILES string of the molecule is CC(C)(Oc1cccc(CN(CCCc2cccnc2)c2nc3ccccc3o2)c1)C(=O)O. The number of pyridine rings is 1. The van der Waals surface area contributed by atoms with Gasteiger partial charge in [0.15, 0.2) is 11.2 Å². The molecule has 7 nitrogen and oxygen atoms in total. The number of carbonyl (C=O) groups is 1. The maximum absolute atomic E-state index is 11.4. The number of carboxylic acid groups (broad SMARTS) is 1. The highest BCUT2D eigenvalue weighted by Gasteiger charge is 2.29. The van der Waals surface area contributed by atoms with Crippen LogP contribution in [0.2, 0.25) is 0 Å². The monoisotopic (exact) mass is 445 g/mol. The van der Waals surface area contributed by atoms with Crippen molar-refractivity contribution >= 4 is 23.1 Å². The third-order valence-corrected chi connectivity index (χ3v) is 5.33. The molecule has 0 atom stereocenters. The number of anilines is 1. The number of hydrogen-bond acceptors (Lipinski definition) is 6. The van der Waals surface area contributed by atoms with E-state index in [-0.39, 0.29) is 0 Å². The molecule has 0 amide bonds. The molecule has 2 aromatic carbocycles. The minimum atomic E-state index is -1.32. The van der Waals surface area contributed by atoms with Gasteiger partial charge in [0.2, 0.25) is 0 Å². The second kappa shape index (κ2) is 9.73. The topological polar surface area (TPSA) is 88.7 Å². The van der Waals surface area contributed by atoms with Crippen LogP contribution in [0.15, 0.2) is 77.5 Å². The Bertz CT molecular complexity index is 1190. The molecule has 0 saturated carbocycles. The van der Waals surface area contributed by atoms with Crippen LogP contribution in [-0.4, -0.2) is 33.2 Å². The summed E-state index contributed by atoms with van der Waals surface area (Å²) in [6, 6.07) is 19.7. The Morgan fingerprint density at radius 3 is 2.67 bits per heavy atom. The molecule has 4 rings (SSSR count). The predicted octanol–water partition coefficient (Wildman–Crippen LogP) is 5.10. The summed E-state index contributed by atoms with van der Waals surface area (Å²) in [5.74, 6) is -0.510. The molecule has 4 aromatic rings. The molecule has 2 heterocycles. The third kappa shape index (κ3) is 5.68. The van der Waals surface area contributed by atoms with E-state index in [0.29, 0.717) is 18.3 Å². The van der Waals surface area contributed by atoms with Gasteiger partial charge in [-0.2, -0.15) is 4.98 Å². The first kappa shape index (κ1) is 22.3. The summed E-state index contributed by atoms with van der Waals surface area (Å²) in [5, 5.41) is 9.37. The summed E-state index contributed by atoms with van der Waals surface area (Å²) in [6.45, 7) is 4.34. The minimum absolute atomic E-state index is 0.507. The summed E-state index contributed by atoms with van der Waals surface area (Å²) in [6.07, 6.45) is 5.44. The van der Waals surface area contributed by atoms with Crippen LogP contribution in [0.5, 0.6) is 5.75 Å². The van der Waals surface area contributed by atoms with Crippen molar-refractivity contribution in [2.24, 2.45) is 0 Å². The fraction of sp³-hybridized carbons (Fsp3) is 0.269. The molecule has 0 radical (unpaired) electrons. The van der Waals surface area contributed by atoms with Crippen molar-refractivity contribution in [2.45, 2.75) is 38.8 Å². The molecule has 0 spiro atoms. The number of carboxylic acids is 1. The molecule has 0 aliphatic heterocycles. The van der Waals surface area contributed by atoms with Crippen molar-refractivity contribution in [1.29, 1.82) is 0 Å². The number of aliphatic carboxylic acids is 1. The van der Waals surface area contributed by atoms with Crippen LogP contribution in [0, 0.1) is 0 Å². The molecular weight excluding hydrogens is 418 g/mol. The van der Waals surface area contributed by atoms with Crippen LogP contribution in [0.1, 0.15) is 31.4 Å². The quantitative estimate of drug-likeness (QED) is 0.363. The largest absolute Gasteiger partial charge is 0.478 e. The van der Waals surface area contributed by atoms with Gasteiger partial charge in [-0.05, 0) is 68.1 Å². The zero-order valence-electron chi connectivity index (χ0n) is 18.8. The van der Waals surface area contributed by atoms with Crippen molar-refractivity contribution in [3.8, 4) is 5.75 Å². The number of benzene rings is 2. The lowest BCUT2D eigenvalue weighted by Crippen LogP contribution is -2.37. The summed E-state index contributed by atoms with van der Waals surface area (Å²) >= 11 is 0. The number of aryl methyl sites for hydroxylation is 1. The average molecular weight is 446 g/mol. The molecule has 170 valence electrons. The highest BCUT2D eigenvalue weighted by molar-refractivity contribution is 5.77. The summed E-state index contributed by atoms with van der Waals surface area (Å²) in [7, 11) is 0. The second-order valence-corrected chi connectivity index (χ2v) is 8.42. The van der Waals surface area contributed by atoms with Crippen molar-refractivity contribution < 1.29 is 19.1 Å². The molecule has 0 bridgehead atoms. The minimum Gasteiger partial charge on any atom is -0.478 e. The Kier molecular flexibility index (Phi) is 6.58. The number of para-hydroxylation sites is 2. The summed E-state index contributed by atoms with van der Waals surface area (Å²) in [5.41, 5.74) is 2.39. The lowest BCUT2D eigenvalue weighted by molar-refractivity contribution is -0.152. The van der Waals surface area contributed by atoms with Gasteiger partial charge in [0.1, 0.15) is 11.3 Å². The van der Waals surface area contributed by atoms with Gasteiger partial charge in [0.05, 0.1) is 0 Å². The van der Waals surface area contributed by atoms with Crippen LogP contribution >= 0.6 is 0 Å². The molecule has 0 unspecified atom stereocenters. The van der Waals surface area contributed by atoms with Crippen molar-refractivity contribution in [3.63, 3.8) is 0 Å². The van der Waals surface area contributed by atoms with Gasteiger partial charge in [-0.15, -0.1) is 0 Å². The van der Waals surface area contributed by atoms with Gasteiger partial charge in [-0.1, -0.05) is 30.3 Å². The number of hydrogen-bond donors (Lipinski definition) is 1. The van der Waals surface area contributed by atoms with Gasteiger partial charge in [-0.25, -0.2) is 4.79 Å². The molecule has 0 aliphatic carbocycles. The van der Waals surface area contributed by atoms with Crippen molar-refractivity contribution in [2.75, 3.05) is 11.4 Å². The number of rotatable bonds is 10. The molecule has 33 heavy (non-hydrogen) atoms. The Morgan fingerprint density at radius 1 is 1.09 bits per heavy atom. The molecule has 2 aromatic heterocycles. The summed E-state index contributed by atoms with van der Waals surface area (Å²) in [4.78, 5) is 22.4. The average Bonchev–Trinajstić information content (AvgIpc) is 3.23. The lowest BCUT2D eigenvalue weighted by Gasteiger charge is -2.23. The number of ether oxygens (including phenoxy) is 1. The van der Waals surface area contributed by atoms with Gasteiger partial charge in [0.25, 0.3) is 6.01 Å². The lowest BCUT2D eigenvalue weighted by atomic mass is 10.1. The second-order valence-electron chi connectivity index (χ2n) is 8.42. The van der Waals surface area contributed by atoms with Crippen molar-refractivity contribution in [3.05, 3.63) is 84.2 Å². The third-order valence-electron chi connectivity index (χ3n) is 5.33. The highest BCUT2D eigenvalue weighted by Crippen LogP contribution is 2.26. The highest BCUT2D eigenvalue weighted by atomic mass is 16.5. The van der Waals surface area contributed by atoms with E-state index < -0.39 is 11.6 Å². The molecule has 0 saturated heterocycles. The first-order valence-electron chi connectivity index (χ1n) is 10.9. The van der Waals surface area contributed by atoms with E-state index in [1.54, 1.807) is 12.3 Å². The van der Waals surface area contributed by atoms with E-state index >= 15 is 0 Å². The van der Waals surface area contributed by atoms with E-state index in [4.69, 9.17) is 9.15 Å². The van der Waals surface area contributed by atoms with Gasteiger partial charge in [-0.3, -0.25) is 4.98 Å². The fourth-order valence-corrected chi connectivity index (χ4v) is 3.52. The smallest absolute Gasteiger partial charge is 0.347 e. The first-order chi connectivity index (χ1) is 15.9. The zero-order valence-corrected chi connectivity index (χ0v) is 18.8. The number of aromatic nitrogens is 2. The maximum Gasteiger partial charge on any atom is 0.347 e. The molecule has 1 N–H and O–H groups in total. The van der Waals surface area contributed by atoms with Crippen LogP contribution < -0.4 is 9.64 Å². The van der Waals surface area contributed by atoms with Crippen LogP contribution in [-0.2, 0) is 17.8 Å². The Morgan fingerprint density at radius 2 is 1.91 bits per heavy atom. The molecule has 0 aliphatic rings. The van der Waals surface area contributed by atoms with Gasteiger partial charge in [0, 0.05) is 25.5 Å². The zero-order chi connectivity index (χ0) is 23.3. The number of fused-ring (bicyclic) bond motifs is 1. The normalized spacial score (nSPS) is 11.5. The maximum atomic E-state index is 11.4.